The van der Waals surface area contributed by atoms with Crippen LogP contribution in [0.2, 0.25) is 0 Å². The van der Waals surface area contributed by atoms with E-state index >= 15 is 0 Å². The minimum atomic E-state index is -1.94. The van der Waals surface area contributed by atoms with Crippen molar-refractivity contribution in [2.45, 2.75) is 25.3 Å². The lowest BCUT2D eigenvalue weighted by Crippen LogP contribution is -2.38. The Bertz CT molecular complexity index is 560. The number of hydrogen-bond acceptors (Lipinski definition) is 1. The Kier molecular flexibility index (Phi) is 2.76. The molecule has 1 aromatic carbocycles. The molecule has 1 saturated heterocycles. The van der Waals surface area contributed by atoms with Gasteiger partial charge in [-0.1, -0.05) is 0 Å². The van der Waals surface area contributed by atoms with Gasteiger partial charge in [0.2, 0.25) is 0 Å². The van der Waals surface area contributed by atoms with Crippen LogP contribution in [0.5, 0.6) is 0 Å². The summed E-state index contributed by atoms with van der Waals surface area (Å²) in [5.74, 6) is -7.35. The van der Waals surface area contributed by atoms with Crippen molar-refractivity contribution in [3.8, 4) is 0 Å². The zero-order valence-electron chi connectivity index (χ0n) is 9.93. The second kappa shape index (κ2) is 4.21. The van der Waals surface area contributed by atoms with Gasteiger partial charge >= 0.3 is 0 Å². The summed E-state index contributed by atoms with van der Waals surface area (Å²) in [7, 11) is 0. The summed E-state index contributed by atoms with van der Waals surface area (Å²) in [6, 6.07) is 0.471. The van der Waals surface area contributed by atoms with E-state index in [1.807, 2.05) is 0 Å². The summed E-state index contributed by atoms with van der Waals surface area (Å²) in [5.41, 5.74) is -0.732. The lowest BCUT2D eigenvalue weighted by atomic mass is 10.1. The smallest absolute Gasteiger partial charge is 0.257 e. The fourth-order valence-electron chi connectivity index (χ4n) is 2.75. The zero-order valence-corrected chi connectivity index (χ0v) is 9.93. The standard InChI is InChI=1S/C13H11F4NO/c14-8-5-7(10(15)12(17)11(8)16)13(19)18-3-1-2-6-4-9(6)18/h5-6,9H,1-4H2/t6-,9-/m1/s1. The SMILES string of the molecule is O=C(c1cc(F)c(F)c(F)c1F)N1CCC[C@@H]2C[C@H]21. The highest BCUT2D eigenvalue weighted by atomic mass is 19.2. The molecule has 2 nitrogen and oxygen atoms in total. The van der Waals surface area contributed by atoms with Crippen LogP contribution in [0.1, 0.15) is 29.6 Å². The molecule has 3 rings (SSSR count). The van der Waals surface area contributed by atoms with E-state index in [9.17, 15) is 22.4 Å². The molecule has 6 heteroatoms. The van der Waals surface area contributed by atoms with E-state index in [4.69, 9.17) is 0 Å². The predicted molar refractivity (Wildman–Crippen MR) is 58.4 cm³/mol. The highest BCUT2D eigenvalue weighted by molar-refractivity contribution is 5.95. The summed E-state index contributed by atoms with van der Waals surface area (Å²) in [5, 5.41) is 0. The highest BCUT2D eigenvalue weighted by Crippen LogP contribution is 2.43. The van der Waals surface area contributed by atoms with Gasteiger partial charge in [-0.3, -0.25) is 4.79 Å². The fraction of sp³-hybridized carbons (Fsp3) is 0.462. The first kappa shape index (κ1) is 12.4. The molecule has 2 fully saturated rings. The fourth-order valence-corrected chi connectivity index (χ4v) is 2.75. The molecular formula is C13H11F4NO. The summed E-state index contributed by atoms with van der Waals surface area (Å²) in [6.07, 6.45) is 2.66. The van der Waals surface area contributed by atoms with Gasteiger partial charge in [0.15, 0.2) is 23.3 Å². The predicted octanol–water partition coefficient (Wildman–Crippen LogP) is 2.87. The summed E-state index contributed by atoms with van der Waals surface area (Å²) >= 11 is 0. The molecule has 102 valence electrons. The zero-order chi connectivity index (χ0) is 13.7. The van der Waals surface area contributed by atoms with Crippen molar-refractivity contribution in [1.29, 1.82) is 0 Å². The number of nitrogens with zero attached hydrogens (tertiary/aromatic N) is 1. The maximum absolute atomic E-state index is 13.6. The molecule has 1 aliphatic carbocycles. The minimum Gasteiger partial charge on any atom is -0.335 e. The number of fused-ring (bicyclic) bond motifs is 1. The molecule has 2 atom stereocenters. The molecular weight excluding hydrogens is 262 g/mol. The second-order valence-electron chi connectivity index (χ2n) is 5.05. The van der Waals surface area contributed by atoms with Crippen LogP contribution in [0.15, 0.2) is 6.07 Å². The first-order chi connectivity index (χ1) is 9.00. The molecule has 0 bridgehead atoms. The van der Waals surface area contributed by atoms with Crippen LogP contribution in [0.3, 0.4) is 0 Å². The van der Waals surface area contributed by atoms with E-state index < -0.39 is 34.7 Å². The van der Waals surface area contributed by atoms with Crippen LogP contribution < -0.4 is 0 Å². The largest absolute Gasteiger partial charge is 0.335 e. The van der Waals surface area contributed by atoms with Crippen molar-refractivity contribution < 1.29 is 22.4 Å². The van der Waals surface area contributed by atoms with Crippen LogP contribution in [0, 0.1) is 29.2 Å². The number of rotatable bonds is 1. The van der Waals surface area contributed by atoms with Gasteiger partial charge < -0.3 is 4.90 Å². The highest BCUT2D eigenvalue weighted by Gasteiger charge is 2.46. The summed E-state index contributed by atoms with van der Waals surface area (Å²) < 4.78 is 52.6. The molecule has 0 radical (unpaired) electrons. The number of benzene rings is 1. The average Bonchev–Trinajstić information content (AvgIpc) is 3.18. The van der Waals surface area contributed by atoms with Crippen LogP contribution >= 0.6 is 0 Å². The Morgan fingerprint density at radius 3 is 2.63 bits per heavy atom. The van der Waals surface area contributed by atoms with Gasteiger partial charge in [0.1, 0.15) is 0 Å². The molecule has 0 N–H and O–H groups in total. The van der Waals surface area contributed by atoms with Crippen LogP contribution in [-0.2, 0) is 0 Å². The van der Waals surface area contributed by atoms with E-state index in [1.165, 1.54) is 4.90 Å². The number of piperidine rings is 1. The van der Waals surface area contributed by atoms with E-state index in [0.29, 0.717) is 18.5 Å². The van der Waals surface area contributed by atoms with E-state index in [0.717, 1.165) is 19.3 Å². The van der Waals surface area contributed by atoms with E-state index in [-0.39, 0.29) is 6.04 Å². The van der Waals surface area contributed by atoms with Crippen molar-refractivity contribution in [2.75, 3.05) is 6.54 Å². The van der Waals surface area contributed by atoms with Gasteiger partial charge in [-0.15, -0.1) is 0 Å². The Hall–Kier alpha value is -1.59. The quantitative estimate of drug-likeness (QED) is 0.438. The first-order valence-corrected chi connectivity index (χ1v) is 6.14. The molecule has 0 unspecified atom stereocenters. The molecule has 1 aliphatic heterocycles. The Morgan fingerprint density at radius 1 is 1.16 bits per heavy atom. The monoisotopic (exact) mass is 273 g/mol. The molecule has 19 heavy (non-hydrogen) atoms. The molecule has 1 amide bonds. The Balaban J connectivity index is 1.96. The number of carbonyl (C=O) groups is 1. The second-order valence-corrected chi connectivity index (χ2v) is 5.05. The van der Waals surface area contributed by atoms with Crippen molar-refractivity contribution in [2.24, 2.45) is 5.92 Å². The summed E-state index contributed by atoms with van der Waals surface area (Å²) in [4.78, 5) is 13.5. The lowest BCUT2D eigenvalue weighted by Gasteiger charge is -2.27. The molecule has 0 spiro atoms. The van der Waals surface area contributed by atoms with Gasteiger partial charge in [-0.05, 0) is 31.2 Å². The maximum Gasteiger partial charge on any atom is 0.257 e. The van der Waals surface area contributed by atoms with Crippen molar-refractivity contribution in [3.63, 3.8) is 0 Å². The number of likely N-dealkylation sites (tertiary alicyclic amines) is 1. The molecule has 1 aromatic rings. The molecule has 1 saturated carbocycles. The molecule has 2 aliphatic rings. The van der Waals surface area contributed by atoms with Gasteiger partial charge in [0.05, 0.1) is 5.56 Å². The maximum atomic E-state index is 13.6. The van der Waals surface area contributed by atoms with Gasteiger partial charge in [-0.2, -0.15) is 0 Å². The summed E-state index contributed by atoms with van der Waals surface area (Å²) in [6.45, 7) is 0.444. The van der Waals surface area contributed by atoms with Crippen LogP contribution in [-0.4, -0.2) is 23.4 Å². The number of halogens is 4. The number of hydrogen-bond donors (Lipinski definition) is 0. The van der Waals surface area contributed by atoms with Crippen LogP contribution in [0.4, 0.5) is 17.6 Å². The van der Waals surface area contributed by atoms with E-state index in [2.05, 4.69) is 0 Å². The first-order valence-electron chi connectivity index (χ1n) is 6.14. The third-order valence-corrected chi connectivity index (χ3v) is 3.85. The topological polar surface area (TPSA) is 20.3 Å². The lowest BCUT2D eigenvalue weighted by molar-refractivity contribution is 0.0699. The van der Waals surface area contributed by atoms with Gasteiger partial charge in [0.25, 0.3) is 5.91 Å². The van der Waals surface area contributed by atoms with Crippen molar-refractivity contribution in [1.82, 2.24) is 4.90 Å². The van der Waals surface area contributed by atoms with Gasteiger partial charge in [0, 0.05) is 12.6 Å². The van der Waals surface area contributed by atoms with Crippen molar-refractivity contribution >= 4 is 5.91 Å². The number of amides is 1. The third-order valence-electron chi connectivity index (χ3n) is 3.85. The Labute approximate surface area is 107 Å². The van der Waals surface area contributed by atoms with Crippen molar-refractivity contribution in [3.05, 3.63) is 34.9 Å². The molecule has 1 heterocycles. The van der Waals surface area contributed by atoms with E-state index in [1.54, 1.807) is 0 Å². The third kappa shape index (κ3) is 1.89. The number of carbonyl (C=O) groups excluding carboxylic acids is 1. The average molecular weight is 273 g/mol. The minimum absolute atomic E-state index is 0.0387. The van der Waals surface area contributed by atoms with Gasteiger partial charge in [-0.25, -0.2) is 17.6 Å². The normalized spacial score (nSPS) is 25.2. The Morgan fingerprint density at radius 2 is 1.89 bits per heavy atom. The molecule has 0 aromatic heterocycles. The van der Waals surface area contributed by atoms with Crippen LogP contribution in [0.25, 0.3) is 0 Å².